The van der Waals surface area contributed by atoms with E-state index >= 15 is 0 Å². The van der Waals surface area contributed by atoms with Crippen LogP contribution in [-0.4, -0.2) is 74.1 Å². The molecule has 5 atom stereocenters. The fourth-order valence-corrected chi connectivity index (χ4v) is 4.70. The zero-order chi connectivity index (χ0) is 32.4. The van der Waals surface area contributed by atoms with Crippen molar-refractivity contribution in [3.05, 3.63) is 65.9 Å². The Balaban J connectivity index is 1.79. The lowest BCUT2D eigenvalue weighted by molar-refractivity contribution is -0.142. The first kappa shape index (κ1) is 33.6. The predicted octanol–water partition coefficient (Wildman–Crippen LogP) is 1.44. The molecule has 2 aromatic carbocycles. The molecule has 1 aromatic heterocycles. The summed E-state index contributed by atoms with van der Waals surface area (Å²) < 4.78 is 0. The van der Waals surface area contributed by atoms with Crippen molar-refractivity contribution in [3.63, 3.8) is 0 Å². The molecule has 0 aliphatic rings. The number of phenols is 1. The molecule has 0 saturated heterocycles. The van der Waals surface area contributed by atoms with Crippen LogP contribution in [0.4, 0.5) is 0 Å². The zero-order valence-corrected chi connectivity index (χ0v) is 24.6. The van der Waals surface area contributed by atoms with Gasteiger partial charge in [0.25, 0.3) is 0 Å². The summed E-state index contributed by atoms with van der Waals surface area (Å²) in [5.74, 6) is -4.95. The molecule has 0 aliphatic heterocycles. The van der Waals surface area contributed by atoms with Gasteiger partial charge < -0.3 is 42.0 Å². The van der Waals surface area contributed by atoms with E-state index in [1.165, 1.54) is 12.1 Å². The van der Waals surface area contributed by atoms with Crippen LogP contribution in [0, 0.1) is 5.92 Å². The highest BCUT2D eigenvalue weighted by atomic mass is 16.4. The largest absolute Gasteiger partial charge is 0.508 e. The number of carbonyl (C=O) groups excluding carboxylic acids is 3. The van der Waals surface area contributed by atoms with Crippen LogP contribution in [0.15, 0.2) is 54.7 Å². The van der Waals surface area contributed by atoms with E-state index in [0.29, 0.717) is 17.5 Å². The SMILES string of the molecule is CCC(C)C(NC(=O)C(Cc1ccc(O)cc1)NC(=O)C(N)CCC(=O)O)C(=O)NC(Cc1c[nH]c2ccccc12)C(=O)O. The molecular weight excluding hydrogens is 570 g/mol. The average molecular weight is 610 g/mol. The minimum atomic E-state index is -1.29. The van der Waals surface area contributed by atoms with Crippen molar-refractivity contribution >= 4 is 40.6 Å². The van der Waals surface area contributed by atoms with E-state index in [4.69, 9.17) is 10.8 Å². The molecule has 3 rings (SSSR count). The van der Waals surface area contributed by atoms with Crippen molar-refractivity contribution in [2.45, 2.75) is 70.1 Å². The van der Waals surface area contributed by atoms with E-state index in [1.54, 1.807) is 25.3 Å². The minimum Gasteiger partial charge on any atom is -0.508 e. The van der Waals surface area contributed by atoms with E-state index in [2.05, 4.69) is 20.9 Å². The monoisotopic (exact) mass is 609 g/mol. The number of para-hydroxylation sites is 1. The zero-order valence-electron chi connectivity index (χ0n) is 24.6. The lowest BCUT2D eigenvalue weighted by atomic mass is 9.96. The van der Waals surface area contributed by atoms with Gasteiger partial charge >= 0.3 is 11.9 Å². The molecular formula is C31H39N5O8. The van der Waals surface area contributed by atoms with Crippen molar-refractivity contribution in [2.75, 3.05) is 0 Å². The first-order valence-corrected chi connectivity index (χ1v) is 14.3. The maximum Gasteiger partial charge on any atom is 0.326 e. The summed E-state index contributed by atoms with van der Waals surface area (Å²) in [4.78, 5) is 66.1. The van der Waals surface area contributed by atoms with Gasteiger partial charge in [-0.1, -0.05) is 50.6 Å². The Bertz CT molecular complexity index is 1470. The lowest BCUT2D eigenvalue weighted by Crippen LogP contribution is -2.59. The fourth-order valence-electron chi connectivity index (χ4n) is 4.70. The summed E-state index contributed by atoms with van der Waals surface area (Å²) in [6, 6.07) is 8.49. The van der Waals surface area contributed by atoms with Crippen LogP contribution in [0.1, 0.15) is 44.2 Å². The lowest BCUT2D eigenvalue weighted by Gasteiger charge is -2.28. The van der Waals surface area contributed by atoms with E-state index in [0.717, 1.165) is 10.9 Å². The molecule has 0 saturated carbocycles. The van der Waals surface area contributed by atoms with Gasteiger partial charge in [0.15, 0.2) is 0 Å². The van der Waals surface area contributed by atoms with Gasteiger partial charge in [0.1, 0.15) is 23.9 Å². The van der Waals surface area contributed by atoms with Crippen molar-refractivity contribution in [1.29, 1.82) is 0 Å². The predicted molar refractivity (Wildman–Crippen MR) is 162 cm³/mol. The number of carbonyl (C=O) groups is 5. The standard InChI is InChI=1S/C31H39N5O8/c1-3-17(2)27(30(42)35-25(31(43)44)15-19-16-33-23-7-5-4-6-21(19)23)36-29(41)24(14-18-8-10-20(37)11-9-18)34-28(40)22(32)12-13-26(38)39/h4-11,16-17,22,24-25,27,33,37H,3,12-15,32H2,1-2H3,(H,34,40)(H,35,42)(H,36,41)(H,38,39)(H,43,44). The number of benzene rings is 2. The quantitative estimate of drug-likeness (QED) is 0.117. The number of carboxylic acids is 2. The number of nitrogens with two attached hydrogens (primary N) is 1. The third kappa shape index (κ3) is 9.30. The van der Waals surface area contributed by atoms with Gasteiger partial charge in [0, 0.05) is 36.4 Å². The Morgan fingerprint density at radius 3 is 2.16 bits per heavy atom. The number of hydrogen-bond acceptors (Lipinski definition) is 7. The van der Waals surface area contributed by atoms with Crippen LogP contribution in [-0.2, 0) is 36.8 Å². The van der Waals surface area contributed by atoms with Crippen LogP contribution in [0.25, 0.3) is 10.9 Å². The van der Waals surface area contributed by atoms with E-state index in [9.17, 15) is 34.2 Å². The van der Waals surface area contributed by atoms with E-state index < -0.39 is 59.7 Å². The Hall–Kier alpha value is -4.91. The molecule has 236 valence electrons. The molecule has 13 nitrogen and oxygen atoms in total. The topological polar surface area (TPSA) is 224 Å². The summed E-state index contributed by atoms with van der Waals surface area (Å²) in [5, 5.41) is 37.1. The van der Waals surface area contributed by atoms with Crippen LogP contribution < -0.4 is 21.7 Å². The van der Waals surface area contributed by atoms with Crippen LogP contribution in [0.5, 0.6) is 5.75 Å². The van der Waals surface area contributed by atoms with E-state index in [1.807, 2.05) is 31.2 Å². The number of rotatable bonds is 16. The summed E-state index contributed by atoms with van der Waals surface area (Å²) in [6.07, 6.45) is 1.63. The molecule has 0 radical (unpaired) electrons. The number of hydrogen-bond donors (Lipinski definition) is 8. The number of carboxylic acid groups (broad SMARTS) is 2. The van der Waals surface area contributed by atoms with Crippen LogP contribution >= 0.6 is 0 Å². The van der Waals surface area contributed by atoms with Gasteiger partial charge in [0.05, 0.1) is 6.04 Å². The van der Waals surface area contributed by atoms with Gasteiger partial charge in [0.2, 0.25) is 17.7 Å². The summed E-state index contributed by atoms with van der Waals surface area (Å²) >= 11 is 0. The number of phenolic OH excluding ortho intramolecular Hbond substituents is 1. The number of amides is 3. The molecule has 0 fully saturated rings. The first-order chi connectivity index (χ1) is 20.9. The van der Waals surface area contributed by atoms with Crippen molar-refractivity contribution in [1.82, 2.24) is 20.9 Å². The second kappa shape index (κ2) is 15.5. The number of nitrogens with one attached hydrogen (secondary N) is 4. The summed E-state index contributed by atoms with van der Waals surface area (Å²) in [7, 11) is 0. The molecule has 1 heterocycles. The number of aliphatic carboxylic acids is 2. The van der Waals surface area contributed by atoms with Gasteiger partial charge in [-0.25, -0.2) is 4.79 Å². The minimum absolute atomic E-state index is 0.0000250. The third-order valence-corrected chi connectivity index (χ3v) is 7.52. The fraction of sp³-hybridized carbons (Fsp3) is 0.387. The molecule has 9 N–H and O–H groups in total. The second-order valence-electron chi connectivity index (χ2n) is 10.8. The van der Waals surface area contributed by atoms with Gasteiger partial charge in [-0.2, -0.15) is 0 Å². The van der Waals surface area contributed by atoms with Crippen LogP contribution in [0.3, 0.4) is 0 Å². The summed E-state index contributed by atoms with van der Waals surface area (Å²) in [5.41, 5.74) is 7.97. The third-order valence-electron chi connectivity index (χ3n) is 7.52. The second-order valence-corrected chi connectivity index (χ2v) is 10.8. The molecule has 5 unspecified atom stereocenters. The molecule has 13 heteroatoms. The number of aromatic amines is 1. The highest BCUT2D eigenvalue weighted by molar-refractivity contribution is 5.94. The highest BCUT2D eigenvalue weighted by Gasteiger charge is 2.33. The molecule has 44 heavy (non-hydrogen) atoms. The molecule has 3 aromatic rings. The van der Waals surface area contributed by atoms with Crippen molar-refractivity contribution < 1.29 is 39.3 Å². The Labute approximate surface area is 254 Å². The molecule has 3 amide bonds. The Kier molecular flexibility index (Phi) is 11.9. The van der Waals surface area contributed by atoms with Gasteiger partial charge in [-0.05, 0) is 41.7 Å². The maximum atomic E-state index is 13.6. The number of aromatic nitrogens is 1. The smallest absolute Gasteiger partial charge is 0.326 e. The van der Waals surface area contributed by atoms with Crippen LogP contribution in [0.2, 0.25) is 0 Å². The summed E-state index contributed by atoms with van der Waals surface area (Å²) in [6.45, 7) is 3.55. The van der Waals surface area contributed by atoms with Crippen molar-refractivity contribution in [3.8, 4) is 5.75 Å². The van der Waals surface area contributed by atoms with E-state index in [-0.39, 0.29) is 31.4 Å². The molecule has 0 aliphatic carbocycles. The normalized spacial score (nSPS) is 14.5. The molecule has 0 bridgehead atoms. The number of aromatic hydroxyl groups is 1. The first-order valence-electron chi connectivity index (χ1n) is 14.3. The number of H-pyrrole nitrogens is 1. The Morgan fingerprint density at radius 2 is 1.52 bits per heavy atom. The Morgan fingerprint density at radius 1 is 0.864 bits per heavy atom. The maximum absolute atomic E-state index is 13.6. The molecule has 0 spiro atoms. The van der Waals surface area contributed by atoms with Crippen molar-refractivity contribution in [2.24, 2.45) is 11.7 Å². The number of fused-ring (bicyclic) bond motifs is 1. The average Bonchev–Trinajstić information content (AvgIpc) is 3.40. The highest BCUT2D eigenvalue weighted by Crippen LogP contribution is 2.20. The van der Waals surface area contributed by atoms with Gasteiger partial charge in [-0.3, -0.25) is 19.2 Å². The van der Waals surface area contributed by atoms with Gasteiger partial charge in [-0.15, -0.1) is 0 Å².